The molecule has 0 bridgehead atoms. The fourth-order valence-corrected chi connectivity index (χ4v) is 5.69. The number of sulfonamides is 1. The Bertz CT molecular complexity index is 2270. The molecular weight excluding hydrogens is 583 g/mol. The summed E-state index contributed by atoms with van der Waals surface area (Å²) >= 11 is 0. The number of nitrogens with zero attached hydrogens (tertiary/aromatic N) is 4. The van der Waals surface area contributed by atoms with Gasteiger partial charge in [0.05, 0.1) is 40.5 Å². The quantitative estimate of drug-likeness (QED) is 0.244. The molecule has 3 aromatic carbocycles. The maximum Gasteiger partial charge on any atom is 0.255 e. The molecule has 6 aromatic rings. The van der Waals surface area contributed by atoms with Gasteiger partial charge in [0.2, 0.25) is 10.0 Å². The topological polar surface area (TPSA) is 145 Å². The number of benzene rings is 3. The number of hydrogen-bond donors (Lipinski definition) is 2. The van der Waals surface area contributed by atoms with E-state index >= 15 is 0 Å². The summed E-state index contributed by atoms with van der Waals surface area (Å²) < 4.78 is 46.5. The number of H-pyrrole nitrogens is 1. The molecule has 3 aromatic heterocycles. The van der Waals surface area contributed by atoms with E-state index in [4.69, 9.17) is 4.42 Å². The number of halogens is 1. The van der Waals surface area contributed by atoms with E-state index in [-0.39, 0.29) is 22.6 Å². The zero-order valence-electron chi connectivity index (χ0n) is 24.1. The second-order valence-electron chi connectivity index (χ2n) is 10.3. The standard InChI is InChI=1S/C32H25FN6O4S/c1-17-21(26-14-22-19(16-34)6-5-7-25(22)36-26)13-27(38-37-17)23-12-24-29(15-28(23)39(3)44(4,41)42)43-31(30(24)32(40)35-2)18-8-10-20(33)11-9-18/h5-15,36H,1-4H3,(H,35,40). The minimum Gasteiger partial charge on any atom is -0.455 e. The van der Waals surface area contributed by atoms with Crippen molar-refractivity contribution >= 4 is 43.5 Å². The lowest BCUT2D eigenvalue weighted by molar-refractivity contribution is 0.0964. The minimum absolute atomic E-state index is 0.198. The fourth-order valence-electron chi connectivity index (χ4n) is 5.19. The van der Waals surface area contributed by atoms with Crippen molar-refractivity contribution in [2.45, 2.75) is 6.92 Å². The molecule has 3 heterocycles. The van der Waals surface area contributed by atoms with Gasteiger partial charge in [0.25, 0.3) is 5.91 Å². The second-order valence-corrected chi connectivity index (χ2v) is 12.3. The summed E-state index contributed by atoms with van der Waals surface area (Å²) in [6, 6.07) is 20.0. The zero-order chi connectivity index (χ0) is 31.3. The molecule has 0 spiro atoms. The third kappa shape index (κ3) is 4.83. The largest absolute Gasteiger partial charge is 0.455 e. The Kier molecular flexibility index (Phi) is 6.90. The lowest BCUT2D eigenvalue weighted by Gasteiger charge is -2.20. The maximum absolute atomic E-state index is 13.7. The number of carbonyl (C=O) groups is 1. The van der Waals surface area contributed by atoms with Gasteiger partial charge in [-0.2, -0.15) is 15.5 Å². The Morgan fingerprint density at radius 1 is 1.05 bits per heavy atom. The van der Waals surface area contributed by atoms with Gasteiger partial charge in [-0.1, -0.05) is 6.07 Å². The molecule has 0 saturated carbocycles. The Morgan fingerprint density at radius 2 is 1.80 bits per heavy atom. The summed E-state index contributed by atoms with van der Waals surface area (Å²) in [4.78, 5) is 16.5. The normalized spacial score (nSPS) is 11.5. The smallest absolute Gasteiger partial charge is 0.255 e. The van der Waals surface area contributed by atoms with Crippen LogP contribution < -0.4 is 9.62 Å². The SMILES string of the molecule is CNC(=O)c1c(-c2ccc(F)cc2)oc2cc(N(C)S(C)(=O)=O)c(-c3cc(-c4cc5c(C#N)cccc5[nH]4)c(C)nn3)cc12. The fraction of sp³-hybridized carbons (Fsp3) is 0.125. The van der Waals surface area contributed by atoms with Gasteiger partial charge in [0, 0.05) is 58.8 Å². The number of nitriles is 1. The molecule has 10 nitrogen and oxygen atoms in total. The van der Waals surface area contributed by atoms with Gasteiger partial charge in [-0.25, -0.2) is 12.8 Å². The van der Waals surface area contributed by atoms with Crippen molar-refractivity contribution in [1.82, 2.24) is 20.5 Å². The molecule has 0 unspecified atom stereocenters. The van der Waals surface area contributed by atoms with Crippen LogP contribution in [-0.4, -0.2) is 49.9 Å². The number of furan rings is 1. The highest BCUT2D eigenvalue weighted by Crippen LogP contribution is 2.41. The van der Waals surface area contributed by atoms with Crippen LogP contribution in [0.1, 0.15) is 21.6 Å². The highest BCUT2D eigenvalue weighted by molar-refractivity contribution is 7.92. The van der Waals surface area contributed by atoms with Crippen LogP contribution in [0.4, 0.5) is 10.1 Å². The van der Waals surface area contributed by atoms with Crippen molar-refractivity contribution in [3.63, 3.8) is 0 Å². The molecule has 44 heavy (non-hydrogen) atoms. The minimum atomic E-state index is -3.75. The van der Waals surface area contributed by atoms with Crippen molar-refractivity contribution < 1.29 is 22.0 Å². The van der Waals surface area contributed by atoms with Crippen LogP contribution in [0.25, 0.3) is 55.7 Å². The lowest BCUT2D eigenvalue weighted by Crippen LogP contribution is -2.25. The summed E-state index contributed by atoms with van der Waals surface area (Å²) in [7, 11) is -0.852. The second kappa shape index (κ2) is 10.6. The average Bonchev–Trinajstić information content (AvgIpc) is 3.61. The molecule has 12 heteroatoms. The summed E-state index contributed by atoms with van der Waals surface area (Å²) in [5, 5.41) is 22.1. The molecular formula is C32H25FN6O4S. The van der Waals surface area contributed by atoms with Crippen LogP contribution in [0.15, 0.2) is 71.1 Å². The monoisotopic (exact) mass is 608 g/mol. The van der Waals surface area contributed by atoms with E-state index < -0.39 is 21.7 Å². The average molecular weight is 609 g/mol. The van der Waals surface area contributed by atoms with Crippen molar-refractivity contribution in [2.75, 3.05) is 24.7 Å². The van der Waals surface area contributed by atoms with Crippen LogP contribution in [0, 0.1) is 24.1 Å². The predicted octanol–water partition coefficient (Wildman–Crippen LogP) is 5.78. The molecule has 0 fully saturated rings. The third-order valence-corrected chi connectivity index (χ3v) is 8.72. The van der Waals surface area contributed by atoms with Gasteiger partial charge in [-0.05, 0) is 61.5 Å². The van der Waals surface area contributed by atoms with Crippen molar-refractivity contribution in [2.24, 2.45) is 0 Å². The van der Waals surface area contributed by atoms with E-state index in [0.717, 1.165) is 21.5 Å². The summed E-state index contributed by atoms with van der Waals surface area (Å²) in [6.45, 7) is 1.80. The van der Waals surface area contributed by atoms with E-state index in [1.807, 2.05) is 12.1 Å². The van der Waals surface area contributed by atoms with Crippen LogP contribution in [0.2, 0.25) is 0 Å². The van der Waals surface area contributed by atoms with Crippen molar-refractivity contribution in [3.8, 4) is 39.9 Å². The number of aromatic nitrogens is 3. The maximum atomic E-state index is 13.7. The molecule has 2 N–H and O–H groups in total. The van der Waals surface area contributed by atoms with E-state index in [0.29, 0.717) is 44.7 Å². The van der Waals surface area contributed by atoms with E-state index in [1.54, 1.807) is 31.2 Å². The highest BCUT2D eigenvalue weighted by atomic mass is 32.2. The third-order valence-electron chi connectivity index (χ3n) is 7.53. The molecule has 6 rings (SSSR count). The van der Waals surface area contributed by atoms with Crippen LogP contribution in [-0.2, 0) is 10.0 Å². The Morgan fingerprint density at radius 3 is 2.48 bits per heavy atom. The van der Waals surface area contributed by atoms with Crippen LogP contribution in [0.3, 0.4) is 0 Å². The predicted molar refractivity (Wildman–Crippen MR) is 166 cm³/mol. The van der Waals surface area contributed by atoms with E-state index in [2.05, 4.69) is 26.6 Å². The first-order valence-corrected chi connectivity index (χ1v) is 15.2. The van der Waals surface area contributed by atoms with E-state index in [9.17, 15) is 22.9 Å². The summed E-state index contributed by atoms with van der Waals surface area (Å²) in [5.74, 6) is -0.690. The van der Waals surface area contributed by atoms with Crippen LogP contribution in [0.5, 0.6) is 0 Å². The Balaban J connectivity index is 1.62. The molecule has 0 saturated heterocycles. The number of nitrogens with one attached hydrogen (secondary N) is 2. The van der Waals surface area contributed by atoms with Gasteiger partial charge < -0.3 is 14.7 Å². The first-order valence-electron chi connectivity index (χ1n) is 13.4. The Labute approximate surface area is 251 Å². The van der Waals surface area contributed by atoms with Gasteiger partial charge in [-0.3, -0.25) is 9.10 Å². The molecule has 0 atom stereocenters. The van der Waals surface area contributed by atoms with Crippen molar-refractivity contribution in [1.29, 1.82) is 5.26 Å². The van der Waals surface area contributed by atoms with Crippen LogP contribution >= 0.6 is 0 Å². The number of fused-ring (bicyclic) bond motifs is 2. The number of carbonyl (C=O) groups excluding carboxylic acids is 1. The van der Waals surface area contributed by atoms with Crippen molar-refractivity contribution in [3.05, 3.63) is 89.4 Å². The number of amides is 1. The van der Waals surface area contributed by atoms with Gasteiger partial charge in [0.15, 0.2) is 0 Å². The molecule has 0 aliphatic rings. The number of aromatic amines is 1. The number of rotatable bonds is 6. The Hall–Kier alpha value is -5.54. The molecule has 0 aliphatic heterocycles. The summed E-state index contributed by atoms with van der Waals surface area (Å²) in [6.07, 6.45) is 1.08. The highest BCUT2D eigenvalue weighted by Gasteiger charge is 2.27. The number of hydrogen-bond acceptors (Lipinski definition) is 7. The molecule has 0 aliphatic carbocycles. The number of aryl methyl sites for hydroxylation is 1. The lowest BCUT2D eigenvalue weighted by atomic mass is 9.99. The first kappa shape index (κ1) is 28.6. The molecule has 0 radical (unpaired) electrons. The first-order chi connectivity index (χ1) is 21.0. The van der Waals surface area contributed by atoms with Gasteiger partial charge >= 0.3 is 0 Å². The number of anilines is 1. The van der Waals surface area contributed by atoms with Gasteiger partial charge in [0.1, 0.15) is 17.2 Å². The molecule has 220 valence electrons. The summed E-state index contributed by atoms with van der Waals surface area (Å²) in [5.41, 5.74) is 5.16. The zero-order valence-corrected chi connectivity index (χ0v) is 24.9. The van der Waals surface area contributed by atoms with E-state index in [1.165, 1.54) is 44.4 Å². The molecule has 1 amide bonds. The van der Waals surface area contributed by atoms with Gasteiger partial charge in [-0.15, -0.1) is 0 Å².